The summed E-state index contributed by atoms with van der Waals surface area (Å²) in [5, 5.41) is 20.7. The predicted molar refractivity (Wildman–Crippen MR) is 107 cm³/mol. The number of fused-ring (bicyclic) bond motifs is 1. The molecule has 1 aliphatic rings. The molecule has 2 unspecified atom stereocenters. The molecule has 3 heterocycles. The number of nitrogen functional groups attached to an aromatic ring is 1. The molecule has 19 nitrogen and oxygen atoms in total. The van der Waals surface area contributed by atoms with Gasteiger partial charge in [-0.1, -0.05) is 13.3 Å². The number of anilines is 1. The Balaban J connectivity index is 1.73. The van der Waals surface area contributed by atoms with Crippen molar-refractivity contribution in [2.24, 2.45) is 0 Å². The monoisotopic (exact) mass is 575 g/mol. The van der Waals surface area contributed by atoms with Crippen LogP contribution in [0.3, 0.4) is 0 Å². The van der Waals surface area contributed by atoms with Crippen LogP contribution in [0, 0.1) is 0 Å². The summed E-state index contributed by atoms with van der Waals surface area (Å²) in [6.45, 7) is 1.15. The minimum Gasteiger partial charge on any atom is -0.790 e. The molecule has 3 rings (SSSR count). The minimum absolute atomic E-state index is 0.0485. The largest absolute Gasteiger partial charge is 0.790 e. The highest BCUT2D eigenvalue weighted by Gasteiger charge is 2.45. The van der Waals surface area contributed by atoms with Gasteiger partial charge in [-0.2, -0.15) is 9.97 Å². The van der Waals surface area contributed by atoms with E-state index in [0.29, 0.717) is 13.0 Å². The summed E-state index contributed by atoms with van der Waals surface area (Å²) in [7, 11) is -18.2. The van der Waals surface area contributed by atoms with Crippen molar-refractivity contribution in [3.63, 3.8) is 0 Å². The number of phosphoric acid groups is 3. The number of unbranched alkanes of at least 4 members (excludes halogenated alkanes) is 1. The van der Waals surface area contributed by atoms with Gasteiger partial charge in [-0.05, 0) is 6.42 Å². The van der Waals surface area contributed by atoms with Gasteiger partial charge in [0, 0.05) is 0 Å². The third kappa shape index (κ3) is 7.26. The molecule has 0 aromatic carbocycles. The number of nitrogens with two attached hydrogens (primary N) is 1. The number of imidazole rings is 1. The summed E-state index contributed by atoms with van der Waals surface area (Å²) in [4.78, 5) is 55.9. The van der Waals surface area contributed by atoms with E-state index in [-0.39, 0.29) is 23.0 Å². The van der Waals surface area contributed by atoms with Crippen LogP contribution in [0.15, 0.2) is 6.33 Å². The van der Waals surface area contributed by atoms with Crippen LogP contribution in [-0.4, -0.2) is 61.3 Å². The van der Waals surface area contributed by atoms with Gasteiger partial charge in [-0.15, -0.1) is 0 Å². The van der Waals surface area contributed by atoms with Gasteiger partial charge in [-0.25, -0.2) is 9.29 Å². The lowest BCUT2D eigenvalue weighted by molar-refractivity contribution is -0.339. The van der Waals surface area contributed by atoms with Gasteiger partial charge in [0.25, 0.3) is 15.6 Å². The molecule has 0 bridgehead atoms. The molecule has 1 aliphatic heterocycles. The molecule has 0 aliphatic carbocycles. The molecule has 204 valence electrons. The summed E-state index contributed by atoms with van der Waals surface area (Å²) < 4.78 is 56.2. The Hall–Kier alpha value is -1.56. The van der Waals surface area contributed by atoms with Crippen LogP contribution in [0.1, 0.15) is 26.0 Å². The lowest BCUT2D eigenvalue weighted by Crippen LogP contribution is -2.34. The van der Waals surface area contributed by atoms with Crippen molar-refractivity contribution >= 4 is 40.4 Å². The normalized spacial score (nSPS) is 26.1. The van der Waals surface area contributed by atoms with Crippen LogP contribution < -0.4 is 30.0 Å². The van der Waals surface area contributed by atoms with E-state index < -0.39 is 54.6 Å². The summed E-state index contributed by atoms with van der Waals surface area (Å²) in [6.07, 6.45) is -3.72. The molecular formula is C14H20N5O14P3-4. The van der Waals surface area contributed by atoms with Crippen LogP contribution in [-0.2, 0) is 31.6 Å². The number of hydrogen-bond donors (Lipinski definition) is 3. The highest BCUT2D eigenvalue weighted by Crippen LogP contribution is 2.60. The maximum Gasteiger partial charge on any atom is 0.320 e. The first kappa shape index (κ1) is 29.0. The van der Waals surface area contributed by atoms with Crippen molar-refractivity contribution in [2.75, 3.05) is 18.9 Å². The molecule has 1 saturated heterocycles. The SMILES string of the molecule is CCCCOc1nc(N)c2ncn([C@@H]3O[C@H](COP(=O)([O-])OP(=O)([O-])OP(=O)([O-])[O-])[C@@H](O)[C@H]3O)c2n1. The van der Waals surface area contributed by atoms with E-state index in [0.717, 1.165) is 12.7 Å². The van der Waals surface area contributed by atoms with Crippen molar-refractivity contribution in [2.45, 2.75) is 44.3 Å². The Morgan fingerprint density at radius 2 is 1.81 bits per heavy atom. The molecule has 4 N–H and O–H groups in total. The van der Waals surface area contributed by atoms with Gasteiger partial charge in [0.2, 0.25) is 0 Å². The molecule has 1 fully saturated rings. The summed E-state index contributed by atoms with van der Waals surface area (Å²) in [5.41, 5.74) is 6.03. The molecule has 0 radical (unpaired) electrons. The summed E-state index contributed by atoms with van der Waals surface area (Å²) >= 11 is 0. The van der Waals surface area contributed by atoms with Crippen LogP contribution in [0.5, 0.6) is 6.01 Å². The Kier molecular flexibility index (Phi) is 8.90. The summed E-state index contributed by atoms with van der Waals surface area (Å²) in [6, 6.07) is -0.0856. The van der Waals surface area contributed by atoms with Crippen LogP contribution in [0.2, 0.25) is 0 Å². The zero-order valence-electron chi connectivity index (χ0n) is 18.2. The van der Waals surface area contributed by atoms with E-state index in [1.807, 2.05) is 6.92 Å². The second-order valence-electron chi connectivity index (χ2n) is 7.26. The third-order valence-corrected chi connectivity index (χ3v) is 8.23. The van der Waals surface area contributed by atoms with E-state index >= 15 is 0 Å². The van der Waals surface area contributed by atoms with E-state index in [1.165, 1.54) is 4.57 Å². The fourth-order valence-corrected chi connectivity index (χ4v) is 5.89. The lowest BCUT2D eigenvalue weighted by atomic mass is 10.1. The van der Waals surface area contributed by atoms with E-state index in [2.05, 4.69) is 28.1 Å². The first-order valence-corrected chi connectivity index (χ1v) is 14.4. The highest BCUT2D eigenvalue weighted by molar-refractivity contribution is 7.64. The second kappa shape index (κ2) is 11.0. The maximum absolute atomic E-state index is 11.7. The van der Waals surface area contributed by atoms with Crippen molar-refractivity contribution in [1.29, 1.82) is 0 Å². The average molecular weight is 575 g/mol. The number of aliphatic hydroxyl groups is 2. The zero-order chi connectivity index (χ0) is 26.9. The van der Waals surface area contributed by atoms with Gasteiger partial charge in [-0.3, -0.25) is 18.0 Å². The van der Waals surface area contributed by atoms with E-state index in [4.69, 9.17) is 15.2 Å². The molecule has 6 atom stereocenters. The van der Waals surface area contributed by atoms with Gasteiger partial charge in [0.1, 0.15) is 18.3 Å². The van der Waals surface area contributed by atoms with Crippen LogP contribution >= 0.6 is 23.5 Å². The quantitative estimate of drug-likeness (QED) is 0.168. The van der Waals surface area contributed by atoms with Crippen molar-refractivity contribution in [1.82, 2.24) is 19.5 Å². The number of ether oxygens (including phenoxy) is 2. The number of phosphoric ester groups is 1. The first-order chi connectivity index (χ1) is 16.6. The van der Waals surface area contributed by atoms with Crippen molar-refractivity contribution < 1.29 is 66.1 Å². The lowest BCUT2D eigenvalue weighted by Gasteiger charge is -2.37. The smallest absolute Gasteiger partial charge is 0.320 e. The molecule has 0 amide bonds. The molecule has 0 saturated carbocycles. The fourth-order valence-electron chi connectivity index (χ4n) is 3.02. The highest BCUT2D eigenvalue weighted by atomic mass is 31.3. The number of aromatic nitrogens is 4. The maximum atomic E-state index is 11.7. The number of hydrogen-bond acceptors (Lipinski definition) is 18. The van der Waals surface area contributed by atoms with Crippen molar-refractivity contribution in [3.05, 3.63) is 6.33 Å². The number of rotatable bonds is 12. The van der Waals surface area contributed by atoms with Gasteiger partial charge < -0.3 is 54.1 Å². The molecular weight excluding hydrogens is 555 g/mol. The number of aliphatic hydroxyl groups excluding tert-OH is 2. The average Bonchev–Trinajstić information content (AvgIpc) is 3.26. The fraction of sp³-hybridized carbons (Fsp3) is 0.643. The molecule has 22 heteroatoms. The molecule has 2 aromatic heterocycles. The Morgan fingerprint density at radius 3 is 2.44 bits per heavy atom. The molecule has 2 aromatic rings. The zero-order valence-corrected chi connectivity index (χ0v) is 20.9. The topological polar surface area (TPSA) is 300 Å². The Labute approximate surface area is 202 Å². The van der Waals surface area contributed by atoms with Gasteiger partial charge >= 0.3 is 6.01 Å². The third-order valence-electron chi connectivity index (χ3n) is 4.57. The predicted octanol–water partition coefficient (Wildman–Crippen LogP) is -2.98. The van der Waals surface area contributed by atoms with Gasteiger partial charge in [0.05, 0.1) is 27.4 Å². The second-order valence-corrected chi connectivity index (χ2v) is 11.5. The number of nitrogens with zero attached hydrogens (tertiary/aromatic N) is 4. The van der Waals surface area contributed by atoms with Crippen LogP contribution in [0.25, 0.3) is 11.2 Å². The standard InChI is InChI=1S/C14H24N5O14P3/c1-2-3-4-29-14-17-11(15)8-12(18-14)19(6-16-8)13-10(21)9(20)7(31-13)5-30-35(25,26)33-36(27,28)32-34(22,23)24/h6-7,9-10,13,20-21H,2-5H2,1H3,(H,25,26)(H,27,28)(H2,15,17,18)(H2,22,23,24)/p-4/t7-,9-,10-,13-/m1/s1. The first-order valence-electron chi connectivity index (χ1n) is 9.98. The van der Waals surface area contributed by atoms with Gasteiger partial charge in [0.15, 0.2) is 23.2 Å². The van der Waals surface area contributed by atoms with E-state index in [9.17, 15) is 43.5 Å². The van der Waals surface area contributed by atoms with Crippen LogP contribution in [0.4, 0.5) is 5.82 Å². The summed E-state index contributed by atoms with van der Waals surface area (Å²) in [5.74, 6) is -0.0485. The Morgan fingerprint density at radius 1 is 1.11 bits per heavy atom. The molecule has 36 heavy (non-hydrogen) atoms. The minimum atomic E-state index is -6.16. The van der Waals surface area contributed by atoms with E-state index in [1.54, 1.807) is 0 Å². The van der Waals surface area contributed by atoms with Crippen molar-refractivity contribution in [3.8, 4) is 6.01 Å². The Bertz CT molecular complexity index is 1220. The molecule has 0 spiro atoms.